The summed E-state index contributed by atoms with van der Waals surface area (Å²) >= 11 is 11.6. The van der Waals surface area contributed by atoms with E-state index in [0.29, 0.717) is 10.7 Å². The number of carbonyl (C=O) groups excluding carboxylic acids is 1. The maximum Gasteiger partial charge on any atom is 0.266 e. The van der Waals surface area contributed by atoms with Crippen molar-refractivity contribution in [2.75, 3.05) is 0 Å². The predicted octanol–water partition coefficient (Wildman–Crippen LogP) is 3.12. The van der Waals surface area contributed by atoms with Crippen molar-refractivity contribution in [2.24, 2.45) is 0 Å². The van der Waals surface area contributed by atoms with E-state index in [9.17, 15) is 13.2 Å². The average molecular weight is 357 g/mol. The molecule has 0 saturated heterocycles. The predicted molar refractivity (Wildman–Crippen MR) is 86.1 cm³/mol. The van der Waals surface area contributed by atoms with Crippen molar-refractivity contribution in [1.82, 2.24) is 9.71 Å². The molecular weight excluding hydrogens is 347 g/mol. The molecule has 0 radical (unpaired) electrons. The number of carbonyl (C=O) groups is 1. The minimum atomic E-state index is -3.97. The lowest BCUT2D eigenvalue weighted by atomic mass is 10.2. The van der Waals surface area contributed by atoms with Crippen molar-refractivity contribution < 1.29 is 13.2 Å². The van der Waals surface area contributed by atoms with Crippen LogP contribution in [0.2, 0.25) is 10.0 Å². The molecule has 0 bridgehead atoms. The van der Waals surface area contributed by atoms with Gasteiger partial charge in [-0.3, -0.25) is 9.78 Å². The highest BCUT2D eigenvalue weighted by Gasteiger charge is 2.16. The summed E-state index contributed by atoms with van der Waals surface area (Å²) in [5.74, 6) is -0.840. The maximum atomic E-state index is 11.9. The first-order valence-electron chi connectivity index (χ1n) is 5.99. The van der Waals surface area contributed by atoms with Crippen molar-refractivity contribution in [1.29, 1.82) is 0 Å². The molecule has 5 nitrogen and oxygen atoms in total. The van der Waals surface area contributed by atoms with E-state index in [4.69, 9.17) is 23.2 Å². The first kappa shape index (κ1) is 16.5. The molecule has 0 saturated carbocycles. The minimum Gasteiger partial charge on any atom is -0.268 e. The maximum absolute atomic E-state index is 11.9. The molecule has 1 aromatic heterocycles. The molecule has 1 amide bonds. The Bertz CT molecular complexity index is 821. The van der Waals surface area contributed by atoms with Crippen LogP contribution in [-0.2, 0) is 10.0 Å². The van der Waals surface area contributed by atoms with Gasteiger partial charge in [0.2, 0.25) is 0 Å². The molecule has 1 aromatic carbocycles. The van der Waals surface area contributed by atoms with Crippen LogP contribution in [0.15, 0.2) is 48.0 Å². The lowest BCUT2D eigenvalue weighted by molar-refractivity contribution is 0.0982. The molecule has 0 fully saturated rings. The number of amides is 1. The molecule has 0 unspecified atom stereocenters. The van der Waals surface area contributed by atoms with Gasteiger partial charge in [0.25, 0.3) is 15.9 Å². The Balaban J connectivity index is 2.14. The number of sulfonamides is 1. The zero-order valence-electron chi connectivity index (χ0n) is 11.0. The van der Waals surface area contributed by atoms with Crippen LogP contribution in [0.1, 0.15) is 16.1 Å². The smallest absolute Gasteiger partial charge is 0.266 e. The number of pyridine rings is 1. The minimum absolute atomic E-state index is 0.0147. The summed E-state index contributed by atoms with van der Waals surface area (Å²) in [6.07, 6.45) is 2.80. The van der Waals surface area contributed by atoms with E-state index in [-0.39, 0.29) is 10.6 Å². The summed E-state index contributed by atoms with van der Waals surface area (Å²) in [4.78, 5) is 15.9. The van der Waals surface area contributed by atoms with Crippen LogP contribution in [-0.4, -0.2) is 19.3 Å². The van der Waals surface area contributed by atoms with Gasteiger partial charge in [-0.25, -0.2) is 13.1 Å². The number of hydrogen-bond donors (Lipinski definition) is 1. The van der Waals surface area contributed by atoms with Gasteiger partial charge in [-0.15, -0.1) is 0 Å². The summed E-state index contributed by atoms with van der Waals surface area (Å²) in [5, 5.41) is 1.27. The van der Waals surface area contributed by atoms with Gasteiger partial charge < -0.3 is 0 Å². The van der Waals surface area contributed by atoms with Crippen LogP contribution < -0.4 is 4.72 Å². The number of aromatic nitrogens is 1. The monoisotopic (exact) mass is 356 g/mol. The standard InChI is InChI=1S/C14H10Cl2N2O3S/c15-10-4-5-12(13(16)9-10)14(19)18-22(20,21)8-6-11-3-1-2-7-17-11/h1-9H,(H,18,19)/b8-6+. The molecule has 1 heterocycles. The highest BCUT2D eigenvalue weighted by atomic mass is 35.5. The number of benzene rings is 1. The topological polar surface area (TPSA) is 76.1 Å². The third kappa shape index (κ3) is 4.56. The van der Waals surface area contributed by atoms with Crippen molar-refractivity contribution in [3.8, 4) is 0 Å². The number of nitrogens with zero attached hydrogens (tertiary/aromatic N) is 1. The van der Waals surface area contributed by atoms with Gasteiger partial charge in [-0.05, 0) is 36.4 Å². The summed E-state index contributed by atoms with van der Waals surface area (Å²) in [5.41, 5.74) is 0.464. The van der Waals surface area contributed by atoms with Crippen molar-refractivity contribution in [3.63, 3.8) is 0 Å². The van der Waals surface area contributed by atoms with E-state index < -0.39 is 15.9 Å². The molecule has 2 rings (SSSR count). The summed E-state index contributed by atoms with van der Waals surface area (Å²) in [6.45, 7) is 0. The second-order valence-electron chi connectivity index (χ2n) is 4.16. The lowest BCUT2D eigenvalue weighted by Crippen LogP contribution is -2.29. The van der Waals surface area contributed by atoms with Crippen molar-refractivity contribution >= 4 is 45.2 Å². The van der Waals surface area contributed by atoms with Gasteiger partial charge in [-0.2, -0.15) is 0 Å². The van der Waals surface area contributed by atoms with Crippen molar-refractivity contribution in [3.05, 3.63) is 69.3 Å². The zero-order chi connectivity index (χ0) is 16.2. The Morgan fingerprint density at radius 3 is 2.59 bits per heavy atom. The third-order valence-corrected chi connectivity index (χ3v) is 4.03. The molecule has 0 aliphatic carbocycles. The van der Waals surface area contributed by atoms with E-state index in [1.165, 1.54) is 30.5 Å². The van der Waals surface area contributed by atoms with Crippen LogP contribution >= 0.6 is 23.2 Å². The highest BCUT2D eigenvalue weighted by Crippen LogP contribution is 2.21. The SMILES string of the molecule is O=C(NS(=O)(=O)/C=C/c1ccccn1)c1ccc(Cl)cc1Cl. The Hall–Kier alpha value is -1.89. The molecule has 0 aliphatic heterocycles. The fourth-order valence-electron chi connectivity index (χ4n) is 1.53. The Labute approximate surface area is 137 Å². The van der Waals surface area contributed by atoms with Gasteiger partial charge in [0, 0.05) is 11.2 Å². The quantitative estimate of drug-likeness (QED) is 0.912. The Kier molecular flexibility index (Phi) is 5.18. The molecule has 114 valence electrons. The summed E-state index contributed by atoms with van der Waals surface area (Å²) in [6, 6.07) is 9.19. The van der Waals surface area contributed by atoms with E-state index in [1.807, 2.05) is 4.72 Å². The third-order valence-electron chi connectivity index (χ3n) is 2.52. The molecule has 2 aromatic rings. The molecule has 0 aliphatic rings. The first-order chi connectivity index (χ1) is 10.4. The van der Waals surface area contributed by atoms with Crippen LogP contribution in [0.4, 0.5) is 0 Å². The fraction of sp³-hybridized carbons (Fsp3) is 0. The fourth-order valence-corrected chi connectivity index (χ4v) is 2.77. The van der Waals surface area contributed by atoms with Gasteiger partial charge >= 0.3 is 0 Å². The number of hydrogen-bond acceptors (Lipinski definition) is 4. The molecule has 1 N–H and O–H groups in total. The van der Waals surface area contributed by atoms with Gasteiger partial charge in [0.15, 0.2) is 0 Å². The first-order valence-corrected chi connectivity index (χ1v) is 8.29. The van der Waals surface area contributed by atoms with Gasteiger partial charge in [0.05, 0.1) is 21.7 Å². The highest BCUT2D eigenvalue weighted by molar-refractivity contribution is 7.93. The van der Waals surface area contributed by atoms with Crippen molar-refractivity contribution in [2.45, 2.75) is 0 Å². The van der Waals surface area contributed by atoms with E-state index in [0.717, 1.165) is 5.41 Å². The van der Waals surface area contributed by atoms with E-state index in [2.05, 4.69) is 4.98 Å². The number of nitrogens with one attached hydrogen (secondary N) is 1. The number of rotatable bonds is 4. The van der Waals surface area contributed by atoms with Gasteiger partial charge in [-0.1, -0.05) is 29.3 Å². The van der Waals surface area contributed by atoms with Crippen LogP contribution in [0.3, 0.4) is 0 Å². The van der Waals surface area contributed by atoms with Gasteiger partial charge in [0.1, 0.15) is 0 Å². The molecular formula is C14H10Cl2N2O3S. The Morgan fingerprint density at radius 2 is 1.95 bits per heavy atom. The van der Waals surface area contributed by atoms with Crippen LogP contribution in [0.25, 0.3) is 6.08 Å². The largest absolute Gasteiger partial charge is 0.268 e. The normalized spacial score (nSPS) is 11.5. The van der Waals surface area contributed by atoms with Crippen LogP contribution in [0.5, 0.6) is 0 Å². The molecule has 22 heavy (non-hydrogen) atoms. The Morgan fingerprint density at radius 1 is 1.18 bits per heavy atom. The second kappa shape index (κ2) is 6.91. The average Bonchev–Trinajstić information content (AvgIpc) is 2.45. The van der Waals surface area contributed by atoms with E-state index >= 15 is 0 Å². The molecule has 0 spiro atoms. The summed E-state index contributed by atoms with van der Waals surface area (Å²) in [7, 11) is -3.97. The number of halogens is 2. The summed E-state index contributed by atoms with van der Waals surface area (Å²) < 4.78 is 25.6. The second-order valence-corrected chi connectivity index (χ2v) is 6.57. The van der Waals surface area contributed by atoms with E-state index in [1.54, 1.807) is 18.2 Å². The van der Waals surface area contributed by atoms with Crippen LogP contribution in [0, 0.1) is 0 Å². The molecule has 8 heteroatoms. The lowest BCUT2D eigenvalue weighted by Gasteiger charge is -2.05. The zero-order valence-corrected chi connectivity index (χ0v) is 13.4. The molecule has 0 atom stereocenters.